The van der Waals surface area contributed by atoms with E-state index in [0.717, 1.165) is 38.3 Å². The van der Waals surface area contributed by atoms with Gasteiger partial charge in [0.1, 0.15) is 5.60 Å². The van der Waals surface area contributed by atoms with E-state index >= 15 is 0 Å². The average Bonchev–Trinajstić information content (AvgIpc) is 2.87. The van der Waals surface area contributed by atoms with Crippen LogP contribution < -0.4 is 10.6 Å². The van der Waals surface area contributed by atoms with E-state index in [1.807, 2.05) is 27.7 Å². The highest BCUT2D eigenvalue weighted by atomic mass is 16.6. The minimum Gasteiger partial charge on any atom is -0.444 e. The van der Waals surface area contributed by atoms with Crippen LogP contribution in [0.4, 0.5) is 4.79 Å². The van der Waals surface area contributed by atoms with Crippen molar-refractivity contribution in [1.82, 2.24) is 15.5 Å². The third-order valence-corrected chi connectivity index (χ3v) is 3.62. The van der Waals surface area contributed by atoms with E-state index in [4.69, 9.17) is 4.74 Å². The third-order valence-electron chi connectivity index (χ3n) is 3.62. The molecule has 0 aliphatic carbocycles. The molecule has 7 nitrogen and oxygen atoms in total. The number of guanidine groups is 1. The fourth-order valence-electron chi connectivity index (χ4n) is 2.59. The van der Waals surface area contributed by atoms with Crippen LogP contribution in [0.3, 0.4) is 0 Å². The molecule has 1 amide bonds. The molecular formula is C17H34N4O3. The first-order valence-electron chi connectivity index (χ1n) is 8.96. The molecule has 7 heteroatoms. The second-order valence-electron chi connectivity index (χ2n) is 7.21. The van der Waals surface area contributed by atoms with Crippen LogP contribution in [0.25, 0.3) is 0 Å². The van der Waals surface area contributed by atoms with Gasteiger partial charge in [-0.15, -0.1) is 0 Å². The number of hydrogen-bond donors (Lipinski definition) is 3. The molecule has 1 aliphatic rings. The monoisotopic (exact) mass is 342 g/mol. The second-order valence-corrected chi connectivity index (χ2v) is 7.21. The van der Waals surface area contributed by atoms with Crippen LogP contribution in [0.15, 0.2) is 4.99 Å². The molecule has 1 heterocycles. The van der Waals surface area contributed by atoms with Crippen molar-refractivity contribution in [2.24, 2.45) is 4.99 Å². The molecule has 24 heavy (non-hydrogen) atoms. The maximum absolute atomic E-state index is 12.0. The minimum absolute atomic E-state index is 0.0639. The summed E-state index contributed by atoms with van der Waals surface area (Å²) in [6.07, 6.45) is 1.86. The molecule has 1 unspecified atom stereocenters. The zero-order valence-electron chi connectivity index (χ0n) is 15.8. The quantitative estimate of drug-likeness (QED) is 0.505. The first kappa shape index (κ1) is 20.5. The number of nitrogens with one attached hydrogen (secondary N) is 2. The summed E-state index contributed by atoms with van der Waals surface area (Å²) in [6, 6.07) is -0.0639. The molecule has 2 atom stereocenters. The van der Waals surface area contributed by atoms with Gasteiger partial charge in [-0.3, -0.25) is 4.99 Å². The Balaban J connectivity index is 2.65. The lowest BCUT2D eigenvalue weighted by atomic mass is 10.1. The standard InChI is InChI=1S/C17H34N4O3/c1-6-8-13(20-16(23)24-17(3,4)5)11-19-15(18-7-2)21-10-9-14(22)12-21/h13-14,22H,6-12H2,1-5H3,(H,18,19)(H,20,23)/t13?,14-/m1/s1. The SMILES string of the molecule is CCCC(CN=C(NCC)N1CC[C@@H](O)C1)NC(=O)OC(C)(C)C. The van der Waals surface area contributed by atoms with Crippen molar-refractivity contribution >= 4 is 12.1 Å². The predicted octanol–water partition coefficient (Wildman–Crippen LogP) is 1.71. The van der Waals surface area contributed by atoms with Gasteiger partial charge in [0.15, 0.2) is 5.96 Å². The van der Waals surface area contributed by atoms with Gasteiger partial charge in [-0.05, 0) is 40.5 Å². The normalized spacial score (nSPS) is 20.0. The third kappa shape index (κ3) is 7.86. The van der Waals surface area contributed by atoms with E-state index in [9.17, 15) is 9.90 Å². The van der Waals surface area contributed by atoms with E-state index in [1.165, 1.54) is 0 Å². The van der Waals surface area contributed by atoms with Crippen LogP contribution in [0.5, 0.6) is 0 Å². The maximum atomic E-state index is 12.0. The van der Waals surface area contributed by atoms with Crippen LogP contribution in [0.2, 0.25) is 0 Å². The van der Waals surface area contributed by atoms with Crippen molar-refractivity contribution < 1.29 is 14.6 Å². The lowest BCUT2D eigenvalue weighted by Crippen LogP contribution is -2.43. The number of aliphatic imine (C=N–C) groups is 1. The number of rotatable bonds is 6. The van der Waals surface area contributed by atoms with Crippen LogP contribution in [-0.2, 0) is 4.74 Å². The van der Waals surface area contributed by atoms with Gasteiger partial charge in [0, 0.05) is 19.6 Å². The molecule has 0 saturated carbocycles. The average molecular weight is 342 g/mol. The number of aliphatic hydroxyl groups excluding tert-OH is 1. The highest BCUT2D eigenvalue weighted by Gasteiger charge is 2.23. The van der Waals surface area contributed by atoms with Crippen LogP contribution in [-0.4, -0.2) is 66.0 Å². The highest BCUT2D eigenvalue weighted by Crippen LogP contribution is 2.10. The summed E-state index contributed by atoms with van der Waals surface area (Å²) >= 11 is 0. The Morgan fingerprint density at radius 2 is 2.12 bits per heavy atom. The Morgan fingerprint density at radius 1 is 1.42 bits per heavy atom. The number of aliphatic hydroxyl groups is 1. The minimum atomic E-state index is -0.509. The van der Waals surface area contributed by atoms with Crippen molar-refractivity contribution in [2.45, 2.75) is 71.6 Å². The Kier molecular flexibility index (Phi) is 8.31. The van der Waals surface area contributed by atoms with Crippen molar-refractivity contribution in [3.63, 3.8) is 0 Å². The van der Waals surface area contributed by atoms with E-state index < -0.39 is 11.7 Å². The lowest BCUT2D eigenvalue weighted by molar-refractivity contribution is 0.0503. The summed E-state index contributed by atoms with van der Waals surface area (Å²) in [6.45, 7) is 12.3. The van der Waals surface area contributed by atoms with Crippen molar-refractivity contribution in [3.05, 3.63) is 0 Å². The summed E-state index contributed by atoms with van der Waals surface area (Å²) < 4.78 is 5.33. The van der Waals surface area contributed by atoms with Gasteiger partial charge in [-0.2, -0.15) is 0 Å². The Bertz CT molecular complexity index is 421. The molecule has 3 N–H and O–H groups in total. The maximum Gasteiger partial charge on any atom is 0.407 e. The molecule has 0 aromatic carbocycles. The number of carbonyl (C=O) groups excluding carboxylic acids is 1. The van der Waals surface area contributed by atoms with E-state index in [0.29, 0.717) is 13.1 Å². The van der Waals surface area contributed by atoms with Crippen molar-refractivity contribution in [2.75, 3.05) is 26.2 Å². The summed E-state index contributed by atoms with van der Waals surface area (Å²) in [5.74, 6) is 0.793. The molecule has 0 aromatic heterocycles. The Labute approximate surface area is 145 Å². The number of alkyl carbamates (subject to hydrolysis) is 1. The van der Waals surface area contributed by atoms with Gasteiger partial charge in [-0.25, -0.2) is 4.79 Å². The number of hydrogen-bond acceptors (Lipinski definition) is 4. The largest absolute Gasteiger partial charge is 0.444 e. The van der Waals surface area contributed by atoms with Crippen molar-refractivity contribution in [3.8, 4) is 0 Å². The predicted molar refractivity (Wildman–Crippen MR) is 96.2 cm³/mol. The number of ether oxygens (including phenoxy) is 1. The topological polar surface area (TPSA) is 86.2 Å². The van der Waals surface area contributed by atoms with Crippen LogP contribution >= 0.6 is 0 Å². The first-order chi connectivity index (χ1) is 11.2. The second kappa shape index (κ2) is 9.71. The zero-order valence-corrected chi connectivity index (χ0v) is 15.8. The smallest absolute Gasteiger partial charge is 0.407 e. The Morgan fingerprint density at radius 3 is 2.62 bits per heavy atom. The molecule has 0 bridgehead atoms. The fraction of sp³-hybridized carbons (Fsp3) is 0.882. The number of nitrogens with zero attached hydrogens (tertiary/aromatic N) is 2. The number of amides is 1. The summed E-state index contributed by atoms with van der Waals surface area (Å²) in [5, 5.41) is 15.9. The first-order valence-corrected chi connectivity index (χ1v) is 8.96. The summed E-state index contributed by atoms with van der Waals surface area (Å²) in [4.78, 5) is 18.7. The zero-order chi connectivity index (χ0) is 18.2. The van der Waals surface area contributed by atoms with Gasteiger partial charge in [0.25, 0.3) is 0 Å². The molecule has 1 saturated heterocycles. The number of likely N-dealkylation sites (tertiary alicyclic amines) is 1. The number of carbonyl (C=O) groups is 1. The summed E-state index contributed by atoms with van der Waals surface area (Å²) in [7, 11) is 0. The van der Waals surface area contributed by atoms with Gasteiger partial charge < -0.3 is 25.4 Å². The van der Waals surface area contributed by atoms with Crippen LogP contribution in [0.1, 0.15) is 53.9 Å². The van der Waals surface area contributed by atoms with E-state index in [1.54, 1.807) is 0 Å². The van der Waals surface area contributed by atoms with Crippen molar-refractivity contribution in [1.29, 1.82) is 0 Å². The molecule has 1 rings (SSSR count). The molecule has 1 fully saturated rings. The molecule has 0 aromatic rings. The number of β-amino-alcohol motifs (C(OH)–C–C–N with tert-alkyl or cyclic N) is 1. The van der Waals surface area contributed by atoms with E-state index in [2.05, 4.69) is 27.4 Å². The van der Waals surface area contributed by atoms with Gasteiger partial charge >= 0.3 is 6.09 Å². The van der Waals surface area contributed by atoms with Gasteiger partial charge in [-0.1, -0.05) is 13.3 Å². The molecule has 1 aliphatic heterocycles. The lowest BCUT2D eigenvalue weighted by Gasteiger charge is -2.24. The van der Waals surface area contributed by atoms with E-state index in [-0.39, 0.29) is 12.1 Å². The van der Waals surface area contributed by atoms with Gasteiger partial charge in [0.05, 0.1) is 18.7 Å². The summed E-state index contributed by atoms with van der Waals surface area (Å²) in [5.41, 5.74) is -0.509. The molecule has 140 valence electrons. The molecular weight excluding hydrogens is 308 g/mol. The Hall–Kier alpha value is -1.50. The van der Waals surface area contributed by atoms with Gasteiger partial charge in [0.2, 0.25) is 0 Å². The highest BCUT2D eigenvalue weighted by molar-refractivity contribution is 5.80. The fourth-order valence-corrected chi connectivity index (χ4v) is 2.59. The van der Waals surface area contributed by atoms with Crippen LogP contribution in [0, 0.1) is 0 Å². The molecule has 0 spiro atoms. The molecule has 0 radical (unpaired) electrons.